The Morgan fingerprint density at radius 1 is 0.763 bits per heavy atom. The van der Waals surface area contributed by atoms with Crippen LogP contribution in [-0.2, 0) is 29.0 Å². The number of pyridine rings is 2. The average molecular weight is 806 g/mol. The highest BCUT2D eigenvalue weighted by Crippen LogP contribution is 2.29. The maximum absolute atomic E-state index is 14.5. The maximum Gasteiger partial charge on any atom is 0.405 e. The summed E-state index contributed by atoms with van der Waals surface area (Å²) >= 11 is 0. The normalized spacial score (nSPS) is 15.8. The number of aliphatic hydroxyl groups excluding tert-OH is 1. The molecule has 4 aromatic rings. The van der Waals surface area contributed by atoms with E-state index >= 15 is 0 Å². The Morgan fingerprint density at radius 2 is 1.46 bits per heavy atom. The number of urea groups is 1. The van der Waals surface area contributed by atoms with Crippen LogP contribution in [0.2, 0.25) is 0 Å². The smallest absolute Gasteiger partial charge is 0.405 e. The SMILES string of the molecule is Cc1cccc(CN2CCN([C@H](C(=O)N[C@@H](Cc3ccccc3)C[C@@H](O)[C@H](Cc3ccc(-c4cccnc4)cc3)NC(=O)[C@@H](NC(=O)O)C(C)(C)C)C(C)(C)C)C2=O)n1. The van der Waals surface area contributed by atoms with Gasteiger partial charge in [-0.1, -0.05) is 108 Å². The van der Waals surface area contributed by atoms with E-state index in [2.05, 4.69) is 25.9 Å². The van der Waals surface area contributed by atoms with Crippen LogP contribution in [0.5, 0.6) is 0 Å². The Labute approximate surface area is 347 Å². The fourth-order valence-corrected chi connectivity index (χ4v) is 7.67. The van der Waals surface area contributed by atoms with Crippen LogP contribution in [0, 0.1) is 17.8 Å². The number of nitrogens with one attached hydrogen (secondary N) is 3. The second-order valence-electron chi connectivity index (χ2n) is 17.6. The summed E-state index contributed by atoms with van der Waals surface area (Å²) in [4.78, 5) is 66.3. The number of hydrogen-bond acceptors (Lipinski definition) is 7. The molecule has 314 valence electrons. The van der Waals surface area contributed by atoms with Gasteiger partial charge in [-0.15, -0.1) is 0 Å². The molecule has 13 heteroatoms. The summed E-state index contributed by atoms with van der Waals surface area (Å²) in [5.41, 5.74) is 3.84. The van der Waals surface area contributed by atoms with E-state index in [1.54, 1.807) is 43.0 Å². The number of carboxylic acid groups (broad SMARTS) is 1. The van der Waals surface area contributed by atoms with E-state index in [1.807, 2.05) is 113 Å². The minimum absolute atomic E-state index is 0.0435. The lowest BCUT2D eigenvalue weighted by Gasteiger charge is -2.38. The van der Waals surface area contributed by atoms with E-state index < -0.39 is 53.1 Å². The molecule has 0 unspecified atom stereocenters. The summed E-state index contributed by atoms with van der Waals surface area (Å²) in [5.74, 6) is -0.926. The predicted octanol–water partition coefficient (Wildman–Crippen LogP) is 5.99. The molecule has 0 radical (unpaired) electrons. The lowest BCUT2D eigenvalue weighted by atomic mass is 9.84. The van der Waals surface area contributed by atoms with Gasteiger partial charge in [0.1, 0.15) is 12.1 Å². The van der Waals surface area contributed by atoms with Gasteiger partial charge in [0.15, 0.2) is 0 Å². The van der Waals surface area contributed by atoms with E-state index in [1.165, 1.54) is 0 Å². The second kappa shape index (κ2) is 19.3. The molecule has 3 heterocycles. The van der Waals surface area contributed by atoms with Gasteiger partial charge in [0.25, 0.3) is 0 Å². The van der Waals surface area contributed by atoms with Crippen LogP contribution >= 0.6 is 0 Å². The van der Waals surface area contributed by atoms with Crippen molar-refractivity contribution in [1.29, 1.82) is 0 Å². The van der Waals surface area contributed by atoms with Crippen molar-refractivity contribution < 1.29 is 29.4 Å². The molecule has 0 spiro atoms. The van der Waals surface area contributed by atoms with Crippen molar-refractivity contribution in [3.63, 3.8) is 0 Å². The third kappa shape index (κ3) is 12.3. The number of carbonyl (C=O) groups excluding carboxylic acids is 3. The lowest BCUT2D eigenvalue weighted by Crippen LogP contribution is -2.59. The average Bonchev–Trinajstić information content (AvgIpc) is 3.51. The van der Waals surface area contributed by atoms with E-state index in [0.717, 1.165) is 33.6 Å². The summed E-state index contributed by atoms with van der Waals surface area (Å²) in [5, 5.41) is 30.3. The largest absolute Gasteiger partial charge is 0.465 e. The molecular weight excluding hydrogens is 747 g/mol. The zero-order valence-electron chi connectivity index (χ0n) is 35.2. The summed E-state index contributed by atoms with van der Waals surface area (Å²) in [6.45, 7) is 14.1. The first kappa shape index (κ1) is 44.3. The first-order chi connectivity index (χ1) is 27.9. The van der Waals surface area contributed by atoms with Crippen LogP contribution in [0.25, 0.3) is 11.1 Å². The summed E-state index contributed by atoms with van der Waals surface area (Å²) in [7, 11) is 0. The van der Waals surface area contributed by atoms with Gasteiger partial charge in [0, 0.05) is 37.2 Å². The van der Waals surface area contributed by atoms with Gasteiger partial charge in [0.05, 0.1) is 24.4 Å². The molecule has 5 atom stereocenters. The molecule has 2 aromatic heterocycles. The number of aliphatic hydroxyl groups is 1. The minimum atomic E-state index is -1.34. The Morgan fingerprint density at radius 3 is 2.07 bits per heavy atom. The zero-order chi connectivity index (χ0) is 42.9. The fourth-order valence-electron chi connectivity index (χ4n) is 7.67. The highest BCUT2D eigenvalue weighted by Gasteiger charge is 2.44. The Hall–Kier alpha value is -5.82. The van der Waals surface area contributed by atoms with Crippen LogP contribution in [0.4, 0.5) is 9.59 Å². The van der Waals surface area contributed by atoms with Gasteiger partial charge in [-0.3, -0.25) is 19.6 Å². The Kier molecular flexibility index (Phi) is 14.5. The number of hydrogen-bond donors (Lipinski definition) is 5. The number of amides is 5. The van der Waals surface area contributed by atoms with Gasteiger partial charge in [-0.05, 0) is 77.5 Å². The van der Waals surface area contributed by atoms with Gasteiger partial charge >= 0.3 is 12.1 Å². The monoisotopic (exact) mass is 805 g/mol. The van der Waals surface area contributed by atoms with Crippen molar-refractivity contribution in [2.45, 2.75) is 105 Å². The quantitative estimate of drug-likeness (QED) is 0.0917. The molecule has 0 saturated carbocycles. The minimum Gasteiger partial charge on any atom is -0.465 e. The third-order valence-electron chi connectivity index (χ3n) is 10.6. The molecule has 13 nitrogen and oxygen atoms in total. The molecule has 2 aromatic carbocycles. The van der Waals surface area contributed by atoms with Crippen molar-refractivity contribution >= 4 is 23.9 Å². The molecule has 0 aliphatic carbocycles. The molecule has 1 saturated heterocycles. The Bertz CT molecular complexity index is 2030. The van der Waals surface area contributed by atoms with E-state index in [9.17, 15) is 29.4 Å². The maximum atomic E-state index is 14.5. The molecule has 1 fully saturated rings. The highest BCUT2D eigenvalue weighted by molar-refractivity contribution is 5.89. The molecule has 5 rings (SSSR count). The third-order valence-corrected chi connectivity index (χ3v) is 10.6. The zero-order valence-corrected chi connectivity index (χ0v) is 35.2. The number of benzene rings is 2. The van der Waals surface area contributed by atoms with Gasteiger partial charge in [0.2, 0.25) is 11.8 Å². The standard InChI is InChI=1S/C46H59N7O6/c1-30-13-11-17-35(48-30)29-52-23-24-53(44(52)59)40(46(5,6)7)42(56)49-36(25-31-14-9-8-10-15-31)27-38(54)37(50-41(55)39(45(2,3)4)51-43(57)58)26-32-18-20-33(21-19-32)34-16-12-22-47-28-34/h8-22,28,36-40,51,54H,23-27,29H2,1-7H3,(H,49,56)(H,50,55)(H,57,58)/t36-,37-,38+,39+,40+/m0/s1. The number of rotatable bonds is 16. The lowest BCUT2D eigenvalue weighted by molar-refractivity contribution is -0.130. The van der Waals surface area contributed by atoms with Gasteiger partial charge < -0.3 is 36.0 Å². The van der Waals surface area contributed by atoms with Crippen LogP contribution in [0.1, 0.15) is 70.5 Å². The van der Waals surface area contributed by atoms with Crippen molar-refractivity contribution in [2.24, 2.45) is 10.8 Å². The number of aromatic nitrogens is 2. The molecule has 5 N–H and O–H groups in total. The molecule has 59 heavy (non-hydrogen) atoms. The summed E-state index contributed by atoms with van der Waals surface area (Å²) in [6.07, 6.45) is 1.58. The van der Waals surface area contributed by atoms with E-state index in [4.69, 9.17) is 0 Å². The molecular formula is C46H59N7O6. The summed E-state index contributed by atoms with van der Waals surface area (Å²) < 4.78 is 0. The second-order valence-corrected chi connectivity index (χ2v) is 17.6. The first-order valence-electron chi connectivity index (χ1n) is 20.2. The first-order valence-corrected chi connectivity index (χ1v) is 20.2. The topological polar surface area (TPSA) is 177 Å². The molecule has 5 amide bonds. The number of aryl methyl sites for hydroxylation is 1. The van der Waals surface area contributed by atoms with Crippen molar-refractivity contribution in [3.05, 3.63) is 120 Å². The van der Waals surface area contributed by atoms with Crippen LogP contribution in [-0.4, -0.2) is 97.3 Å². The summed E-state index contributed by atoms with van der Waals surface area (Å²) in [6, 6.07) is 23.2. The number of nitrogens with zero attached hydrogens (tertiary/aromatic N) is 4. The van der Waals surface area contributed by atoms with Crippen LogP contribution in [0.15, 0.2) is 97.3 Å². The van der Waals surface area contributed by atoms with E-state index in [-0.39, 0.29) is 24.8 Å². The van der Waals surface area contributed by atoms with Crippen LogP contribution < -0.4 is 16.0 Å². The predicted molar refractivity (Wildman–Crippen MR) is 227 cm³/mol. The van der Waals surface area contributed by atoms with E-state index in [0.29, 0.717) is 26.1 Å². The van der Waals surface area contributed by atoms with Gasteiger partial charge in [-0.2, -0.15) is 0 Å². The molecule has 1 aliphatic heterocycles. The van der Waals surface area contributed by atoms with Crippen molar-refractivity contribution in [1.82, 2.24) is 35.7 Å². The Balaban J connectivity index is 1.41. The highest BCUT2D eigenvalue weighted by atomic mass is 16.4. The van der Waals surface area contributed by atoms with Crippen molar-refractivity contribution in [3.8, 4) is 11.1 Å². The van der Waals surface area contributed by atoms with Crippen molar-refractivity contribution in [2.75, 3.05) is 13.1 Å². The number of carbonyl (C=O) groups is 4. The molecule has 1 aliphatic rings. The fraction of sp³-hybridized carbons (Fsp3) is 0.435. The van der Waals surface area contributed by atoms with Crippen LogP contribution in [0.3, 0.4) is 0 Å². The van der Waals surface area contributed by atoms with Gasteiger partial charge in [-0.25, -0.2) is 9.59 Å². The molecule has 0 bridgehead atoms.